The van der Waals surface area contributed by atoms with Crippen LogP contribution in [0.25, 0.3) is 0 Å². The SMILES string of the molecule is Cc1cccc(C)c1OCCC(=O)N1CCC[C@@H]1CO. The molecule has 4 nitrogen and oxygen atoms in total. The van der Waals surface area contributed by atoms with Gasteiger partial charge in [-0.2, -0.15) is 0 Å². The number of aryl methyl sites for hydroxylation is 2. The van der Waals surface area contributed by atoms with Crippen LogP contribution in [-0.4, -0.2) is 41.7 Å². The number of nitrogens with zero attached hydrogens (tertiary/aromatic N) is 1. The van der Waals surface area contributed by atoms with Crippen molar-refractivity contribution in [3.05, 3.63) is 29.3 Å². The number of carbonyl (C=O) groups excluding carboxylic acids is 1. The minimum Gasteiger partial charge on any atom is -0.493 e. The first-order valence-corrected chi connectivity index (χ1v) is 7.23. The first-order chi connectivity index (χ1) is 9.63. The fraction of sp³-hybridized carbons (Fsp3) is 0.562. The summed E-state index contributed by atoms with van der Waals surface area (Å²) >= 11 is 0. The van der Waals surface area contributed by atoms with Gasteiger partial charge in [0.1, 0.15) is 5.75 Å². The van der Waals surface area contributed by atoms with E-state index in [9.17, 15) is 9.90 Å². The van der Waals surface area contributed by atoms with Crippen LogP contribution in [0.4, 0.5) is 0 Å². The number of aliphatic hydroxyl groups is 1. The molecule has 1 heterocycles. The average molecular weight is 277 g/mol. The number of aliphatic hydroxyl groups excluding tert-OH is 1. The molecule has 1 N–H and O–H groups in total. The Balaban J connectivity index is 1.85. The molecule has 1 saturated heterocycles. The number of likely N-dealkylation sites (tertiary alicyclic amines) is 1. The molecule has 0 unspecified atom stereocenters. The number of hydrogen-bond donors (Lipinski definition) is 1. The van der Waals surface area contributed by atoms with E-state index in [-0.39, 0.29) is 18.6 Å². The Morgan fingerprint density at radius 1 is 1.40 bits per heavy atom. The van der Waals surface area contributed by atoms with Gasteiger partial charge in [0.15, 0.2) is 0 Å². The fourth-order valence-corrected chi connectivity index (χ4v) is 2.76. The van der Waals surface area contributed by atoms with Crippen LogP contribution in [0.2, 0.25) is 0 Å². The van der Waals surface area contributed by atoms with Crippen molar-refractivity contribution in [3.63, 3.8) is 0 Å². The van der Waals surface area contributed by atoms with Crippen LogP contribution in [0.15, 0.2) is 18.2 Å². The van der Waals surface area contributed by atoms with E-state index in [1.807, 2.05) is 32.0 Å². The van der Waals surface area contributed by atoms with Gasteiger partial charge in [0.25, 0.3) is 0 Å². The lowest BCUT2D eigenvalue weighted by Crippen LogP contribution is -2.38. The van der Waals surface area contributed by atoms with Gasteiger partial charge < -0.3 is 14.7 Å². The molecule has 110 valence electrons. The van der Waals surface area contributed by atoms with Gasteiger partial charge in [0.2, 0.25) is 5.91 Å². The van der Waals surface area contributed by atoms with E-state index in [1.54, 1.807) is 4.90 Å². The van der Waals surface area contributed by atoms with E-state index >= 15 is 0 Å². The summed E-state index contributed by atoms with van der Waals surface area (Å²) < 4.78 is 5.76. The first kappa shape index (κ1) is 14.9. The van der Waals surface area contributed by atoms with Crippen LogP contribution in [0.5, 0.6) is 5.75 Å². The van der Waals surface area contributed by atoms with E-state index in [1.165, 1.54) is 0 Å². The Morgan fingerprint density at radius 2 is 2.10 bits per heavy atom. The highest BCUT2D eigenvalue weighted by atomic mass is 16.5. The van der Waals surface area contributed by atoms with Crippen LogP contribution in [0.3, 0.4) is 0 Å². The Kier molecular flexibility index (Phi) is 5.01. The van der Waals surface area contributed by atoms with Crippen molar-refractivity contribution in [2.24, 2.45) is 0 Å². The van der Waals surface area contributed by atoms with Crippen molar-refractivity contribution in [2.45, 2.75) is 39.2 Å². The molecule has 2 rings (SSSR count). The molecule has 1 aliphatic rings. The van der Waals surface area contributed by atoms with Crippen LogP contribution >= 0.6 is 0 Å². The molecule has 20 heavy (non-hydrogen) atoms. The van der Waals surface area contributed by atoms with E-state index in [0.717, 1.165) is 36.3 Å². The lowest BCUT2D eigenvalue weighted by Gasteiger charge is -2.23. The van der Waals surface area contributed by atoms with Gasteiger partial charge in [0.05, 0.1) is 25.7 Å². The molecule has 0 spiro atoms. The summed E-state index contributed by atoms with van der Waals surface area (Å²) in [5.41, 5.74) is 2.18. The molecule has 0 saturated carbocycles. The number of carbonyl (C=O) groups is 1. The summed E-state index contributed by atoms with van der Waals surface area (Å²) in [6.45, 7) is 5.22. The summed E-state index contributed by atoms with van der Waals surface area (Å²) in [6, 6.07) is 6.01. The lowest BCUT2D eigenvalue weighted by atomic mass is 10.1. The standard InChI is InChI=1S/C16H23NO3/c1-12-5-3-6-13(2)16(12)20-10-8-15(19)17-9-4-7-14(17)11-18/h3,5-6,14,18H,4,7-11H2,1-2H3/t14-/m1/s1. The van der Waals surface area contributed by atoms with Crippen molar-refractivity contribution < 1.29 is 14.6 Å². The Morgan fingerprint density at radius 3 is 2.75 bits per heavy atom. The number of benzene rings is 1. The highest BCUT2D eigenvalue weighted by molar-refractivity contribution is 5.77. The maximum atomic E-state index is 12.1. The molecule has 1 aliphatic heterocycles. The fourth-order valence-electron chi connectivity index (χ4n) is 2.76. The number of rotatable bonds is 5. The molecule has 1 atom stereocenters. The minimum atomic E-state index is 0.00250. The van der Waals surface area contributed by atoms with Crippen LogP contribution < -0.4 is 4.74 Å². The predicted octanol–water partition coefficient (Wildman–Crippen LogP) is 2.06. The van der Waals surface area contributed by atoms with Crippen molar-refractivity contribution in [2.75, 3.05) is 19.8 Å². The third-order valence-corrected chi connectivity index (χ3v) is 3.88. The zero-order valence-electron chi connectivity index (χ0n) is 12.3. The highest BCUT2D eigenvalue weighted by Crippen LogP contribution is 2.23. The van der Waals surface area contributed by atoms with Gasteiger partial charge >= 0.3 is 0 Å². The van der Waals surface area contributed by atoms with E-state index in [2.05, 4.69) is 0 Å². The van der Waals surface area contributed by atoms with E-state index in [4.69, 9.17) is 4.74 Å². The molecule has 0 aromatic heterocycles. The highest BCUT2D eigenvalue weighted by Gasteiger charge is 2.27. The molecule has 1 fully saturated rings. The molecule has 0 bridgehead atoms. The van der Waals surface area contributed by atoms with Gasteiger partial charge in [0, 0.05) is 6.54 Å². The number of amides is 1. The van der Waals surface area contributed by atoms with Crippen molar-refractivity contribution >= 4 is 5.91 Å². The Hall–Kier alpha value is -1.55. The second-order valence-corrected chi connectivity index (χ2v) is 5.39. The molecule has 1 aromatic rings. The van der Waals surface area contributed by atoms with Crippen molar-refractivity contribution in [1.82, 2.24) is 4.90 Å². The molecule has 0 radical (unpaired) electrons. The van der Waals surface area contributed by atoms with E-state index in [0.29, 0.717) is 13.0 Å². The Labute approximate surface area is 120 Å². The lowest BCUT2D eigenvalue weighted by molar-refractivity contribution is -0.133. The van der Waals surface area contributed by atoms with E-state index < -0.39 is 0 Å². The topological polar surface area (TPSA) is 49.8 Å². The van der Waals surface area contributed by atoms with Crippen LogP contribution in [0, 0.1) is 13.8 Å². The monoisotopic (exact) mass is 277 g/mol. The number of para-hydroxylation sites is 1. The molecule has 0 aliphatic carbocycles. The average Bonchev–Trinajstić information content (AvgIpc) is 2.90. The summed E-state index contributed by atoms with van der Waals surface area (Å²) in [6.07, 6.45) is 2.25. The molecule has 4 heteroatoms. The summed E-state index contributed by atoms with van der Waals surface area (Å²) in [7, 11) is 0. The zero-order chi connectivity index (χ0) is 14.5. The normalized spacial score (nSPS) is 18.4. The van der Waals surface area contributed by atoms with Gasteiger partial charge in [-0.05, 0) is 37.8 Å². The second kappa shape index (κ2) is 6.75. The van der Waals surface area contributed by atoms with Crippen molar-refractivity contribution in [3.8, 4) is 5.75 Å². The van der Waals surface area contributed by atoms with Gasteiger partial charge in [-0.15, -0.1) is 0 Å². The number of ether oxygens (including phenoxy) is 1. The number of hydrogen-bond acceptors (Lipinski definition) is 3. The third kappa shape index (κ3) is 3.31. The Bertz CT molecular complexity index is 453. The molecular weight excluding hydrogens is 254 g/mol. The van der Waals surface area contributed by atoms with Gasteiger partial charge in [-0.1, -0.05) is 18.2 Å². The minimum absolute atomic E-state index is 0.00250. The predicted molar refractivity (Wildman–Crippen MR) is 77.8 cm³/mol. The maximum Gasteiger partial charge on any atom is 0.226 e. The van der Waals surface area contributed by atoms with Crippen LogP contribution in [-0.2, 0) is 4.79 Å². The van der Waals surface area contributed by atoms with Crippen LogP contribution in [0.1, 0.15) is 30.4 Å². The summed E-state index contributed by atoms with van der Waals surface area (Å²) in [4.78, 5) is 13.9. The molecule has 1 amide bonds. The second-order valence-electron chi connectivity index (χ2n) is 5.39. The smallest absolute Gasteiger partial charge is 0.226 e. The zero-order valence-corrected chi connectivity index (χ0v) is 12.3. The molecule has 1 aromatic carbocycles. The van der Waals surface area contributed by atoms with Gasteiger partial charge in [-0.3, -0.25) is 4.79 Å². The first-order valence-electron chi connectivity index (χ1n) is 7.23. The van der Waals surface area contributed by atoms with Crippen molar-refractivity contribution in [1.29, 1.82) is 0 Å². The quantitative estimate of drug-likeness (QED) is 0.896. The summed E-state index contributed by atoms with van der Waals surface area (Å²) in [5, 5.41) is 9.24. The van der Waals surface area contributed by atoms with Gasteiger partial charge in [-0.25, -0.2) is 0 Å². The molecular formula is C16H23NO3. The maximum absolute atomic E-state index is 12.1. The summed E-state index contributed by atoms with van der Waals surface area (Å²) in [5.74, 6) is 0.952. The third-order valence-electron chi connectivity index (χ3n) is 3.88. The largest absolute Gasteiger partial charge is 0.493 e.